The standard InChI is InChI=1S/C19H20ClNO3S/c1-25-15-8-9-17(20)16(12-15)19(24)21-14(7-10-18(22)23)11-13-5-3-2-4-6-13/h2-6,8-9,12,14H,7,10-11H2,1H3,(H,21,24)(H,22,23). The molecule has 0 saturated heterocycles. The van der Waals surface area contributed by atoms with Gasteiger partial charge in [-0.05, 0) is 42.9 Å². The number of carboxylic acid groups (broad SMARTS) is 1. The number of halogens is 1. The van der Waals surface area contributed by atoms with Gasteiger partial charge in [-0.2, -0.15) is 0 Å². The summed E-state index contributed by atoms with van der Waals surface area (Å²) in [6, 6.07) is 14.7. The van der Waals surface area contributed by atoms with Gasteiger partial charge in [-0.25, -0.2) is 0 Å². The molecule has 2 N–H and O–H groups in total. The number of benzene rings is 2. The Morgan fingerprint density at radius 2 is 1.92 bits per heavy atom. The molecule has 0 aromatic heterocycles. The zero-order valence-electron chi connectivity index (χ0n) is 13.9. The van der Waals surface area contributed by atoms with Crippen molar-refractivity contribution in [3.63, 3.8) is 0 Å². The molecule has 0 radical (unpaired) electrons. The van der Waals surface area contributed by atoms with Crippen LogP contribution in [0.15, 0.2) is 53.4 Å². The van der Waals surface area contributed by atoms with Crippen molar-refractivity contribution in [3.05, 3.63) is 64.7 Å². The van der Waals surface area contributed by atoms with Crippen molar-refractivity contribution in [2.24, 2.45) is 0 Å². The zero-order chi connectivity index (χ0) is 18.2. The maximum atomic E-state index is 12.6. The third-order valence-corrected chi connectivity index (χ3v) is 4.84. The van der Waals surface area contributed by atoms with Crippen LogP contribution in [0.5, 0.6) is 0 Å². The first-order valence-corrected chi connectivity index (χ1v) is 9.50. The maximum absolute atomic E-state index is 12.6. The Morgan fingerprint density at radius 3 is 2.56 bits per heavy atom. The Hall–Kier alpha value is -1.98. The highest BCUT2D eigenvalue weighted by atomic mass is 35.5. The number of rotatable bonds is 8. The van der Waals surface area contributed by atoms with Crippen molar-refractivity contribution in [1.82, 2.24) is 5.32 Å². The number of hydrogen-bond donors (Lipinski definition) is 2. The fraction of sp³-hybridized carbons (Fsp3) is 0.263. The Balaban J connectivity index is 2.14. The molecule has 132 valence electrons. The minimum atomic E-state index is -0.880. The van der Waals surface area contributed by atoms with Crippen molar-refractivity contribution in [2.75, 3.05) is 6.26 Å². The monoisotopic (exact) mass is 377 g/mol. The zero-order valence-corrected chi connectivity index (χ0v) is 15.4. The fourth-order valence-corrected chi connectivity index (χ4v) is 3.13. The molecule has 6 heteroatoms. The van der Waals surface area contributed by atoms with Crippen LogP contribution in [-0.4, -0.2) is 29.3 Å². The van der Waals surface area contributed by atoms with E-state index < -0.39 is 5.97 Å². The van der Waals surface area contributed by atoms with E-state index >= 15 is 0 Å². The molecule has 2 rings (SSSR count). The van der Waals surface area contributed by atoms with E-state index in [0.29, 0.717) is 23.4 Å². The Morgan fingerprint density at radius 1 is 1.20 bits per heavy atom. The molecular weight excluding hydrogens is 358 g/mol. The second kappa shape index (κ2) is 9.49. The number of amides is 1. The minimum Gasteiger partial charge on any atom is -0.481 e. The molecule has 0 fully saturated rings. The summed E-state index contributed by atoms with van der Waals surface area (Å²) in [7, 11) is 0. The molecule has 1 amide bonds. The smallest absolute Gasteiger partial charge is 0.303 e. The highest BCUT2D eigenvalue weighted by molar-refractivity contribution is 7.98. The second-order valence-corrected chi connectivity index (χ2v) is 6.93. The molecule has 0 bridgehead atoms. The average Bonchev–Trinajstić information content (AvgIpc) is 2.61. The summed E-state index contributed by atoms with van der Waals surface area (Å²) in [5.74, 6) is -1.16. The summed E-state index contributed by atoms with van der Waals surface area (Å²) in [4.78, 5) is 24.5. The highest BCUT2D eigenvalue weighted by Crippen LogP contribution is 2.23. The SMILES string of the molecule is CSc1ccc(Cl)c(C(=O)NC(CCC(=O)O)Cc2ccccc2)c1. The second-order valence-electron chi connectivity index (χ2n) is 5.64. The molecule has 0 heterocycles. The first kappa shape index (κ1) is 19.3. The van der Waals surface area contributed by atoms with E-state index in [9.17, 15) is 9.59 Å². The summed E-state index contributed by atoms with van der Waals surface area (Å²) in [5.41, 5.74) is 1.45. The molecular formula is C19H20ClNO3S. The number of aliphatic carboxylic acids is 1. The van der Waals surface area contributed by atoms with Crippen LogP contribution in [0.25, 0.3) is 0 Å². The summed E-state index contributed by atoms with van der Waals surface area (Å²) >= 11 is 7.68. The topological polar surface area (TPSA) is 66.4 Å². The summed E-state index contributed by atoms with van der Waals surface area (Å²) < 4.78 is 0. The van der Waals surface area contributed by atoms with Crippen LogP contribution in [0.1, 0.15) is 28.8 Å². The number of thioether (sulfide) groups is 1. The summed E-state index contributed by atoms with van der Waals surface area (Å²) in [5, 5.41) is 12.3. The van der Waals surface area contributed by atoms with Gasteiger partial charge in [0.2, 0.25) is 0 Å². The van der Waals surface area contributed by atoms with Gasteiger partial charge in [0, 0.05) is 17.4 Å². The predicted octanol–water partition coefficient (Wildman–Crippen LogP) is 4.27. The van der Waals surface area contributed by atoms with Crippen molar-refractivity contribution >= 4 is 35.2 Å². The number of carbonyl (C=O) groups is 2. The predicted molar refractivity (Wildman–Crippen MR) is 102 cm³/mol. The first-order valence-electron chi connectivity index (χ1n) is 7.89. The number of carbonyl (C=O) groups excluding carboxylic acids is 1. The third-order valence-electron chi connectivity index (χ3n) is 3.78. The van der Waals surface area contributed by atoms with Crippen molar-refractivity contribution in [2.45, 2.75) is 30.2 Å². The van der Waals surface area contributed by atoms with Crippen LogP contribution >= 0.6 is 23.4 Å². The van der Waals surface area contributed by atoms with Crippen LogP contribution in [0.3, 0.4) is 0 Å². The quantitative estimate of drug-likeness (QED) is 0.674. The molecule has 0 spiro atoms. The van der Waals surface area contributed by atoms with Gasteiger partial charge in [-0.3, -0.25) is 9.59 Å². The molecule has 4 nitrogen and oxygen atoms in total. The molecule has 2 aromatic carbocycles. The van der Waals surface area contributed by atoms with Gasteiger partial charge < -0.3 is 10.4 Å². The third kappa shape index (κ3) is 6.11. The van der Waals surface area contributed by atoms with E-state index in [2.05, 4.69) is 5.32 Å². The van der Waals surface area contributed by atoms with Gasteiger partial charge in [0.1, 0.15) is 0 Å². The van der Waals surface area contributed by atoms with E-state index in [1.165, 1.54) is 11.8 Å². The normalized spacial score (nSPS) is 11.8. The minimum absolute atomic E-state index is 0.00361. The van der Waals surface area contributed by atoms with Gasteiger partial charge in [-0.1, -0.05) is 41.9 Å². The van der Waals surface area contributed by atoms with E-state index in [4.69, 9.17) is 16.7 Å². The molecule has 25 heavy (non-hydrogen) atoms. The van der Waals surface area contributed by atoms with Crippen LogP contribution in [0.2, 0.25) is 5.02 Å². The highest BCUT2D eigenvalue weighted by Gasteiger charge is 2.18. The Labute approximate surface area is 156 Å². The lowest BCUT2D eigenvalue weighted by Crippen LogP contribution is -2.37. The van der Waals surface area contributed by atoms with Crippen LogP contribution in [0.4, 0.5) is 0 Å². The molecule has 0 aliphatic rings. The average molecular weight is 378 g/mol. The van der Waals surface area contributed by atoms with Gasteiger partial charge >= 0.3 is 5.97 Å². The molecule has 1 atom stereocenters. The van der Waals surface area contributed by atoms with E-state index in [-0.39, 0.29) is 18.4 Å². The van der Waals surface area contributed by atoms with E-state index in [1.54, 1.807) is 12.1 Å². The maximum Gasteiger partial charge on any atom is 0.303 e. The van der Waals surface area contributed by atoms with Crippen LogP contribution in [-0.2, 0) is 11.2 Å². The molecule has 2 aromatic rings. The van der Waals surface area contributed by atoms with Gasteiger partial charge in [0.15, 0.2) is 0 Å². The van der Waals surface area contributed by atoms with E-state index in [1.807, 2.05) is 42.7 Å². The van der Waals surface area contributed by atoms with Gasteiger partial charge in [-0.15, -0.1) is 11.8 Å². The first-order chi connectivity index (χ1) is 12.0. The lowest BCUT2D eigenvalue weighted by Gasteiger charge is -2.19. The number of nitrogens with one attached hydrogen (secondary N) is 1. The molecule has 0 aliphatic carbocycles. The fourth-order valence-electron chi connectivity index (χ4n) is 2.49. The Bertz CT molecular complexity index is 737. The van der Waals surface area contributed by atoms with Crippen molar-refractivity contribution in [1.29, 1.82) is 0 Å². The summed E-state index contributed by atoms with van der Waals surface area (Å²) in [6.45, 7) is 0. The molecule has 0 saturated carbocycles. The van der Waals surface area contributed by atoms with E-state index in [0.717, 1.165) is 10.5 Å². The lowest BCUT2D eigenvalue weighted by molar-refractivity contribution is -0.137. The van der Waals surface area contributed by atoms with Crippen LogP contribution in [0, 0.1) is 0 Å². The number of carboxylic acids is 1. The van der Waals surface area contributed by atoms with Crippen molar-refractivity contribution < 1.29 is 14.7 Å². The lowest BCUT2D eigenvalue weighted by atomic mass is 10.0. The van der Waals surface area contributed by atoms with Gasteiger partial charge in [0.05, 0.1) is 10.6 Å². The summed E-state index contributed by atoms with van der Waals surface area (Å²) in [6.07, 6.45) is 2.85. The van der Waals surface area contributed by atoms with Gasteiger partial charge in [0.25, 0.3) is 5.91 Å². The van der Waals surface area contributed by atoms with Crippen molar-refractivity contribution in [3.8, 4) is 0 Å². The van der Waals surface area contributed by atoms with Crippen LogP contribution < -0.4 is 5.32 Å². The number of hydrogen-bond acceptors (Lipinski definition) is 3. The largest absolute Gasteiger partial charge is 0.481 e. The Kier molecular flexibility index (Phi) is 7.34. The molecule has 0 aliphatic heterocycles. The molecule has 1 unspecified atom stereocenters.